The Morgan fingerprint density at radius 2 is 1.76 bits per heavy atom. The standard InChI is InChI=1S/C27H30ClN5O3S/c1-29-24(34)17-18-4-10-22(11-5-18)30-26-25-23(3-2-16-37(25,35)36)31-27(32-26)33-14-12-20(13-15-33)19-6-8-21(28)9-7-19/h4-11,20H,2-3,12-17H2,1H3,(H,29,34)(H,30,31,32). The number of amides is 1. The first-order chi connectivity index (χ1) is 17.8. The number of hydrogen-bond donors (Lipinski definition) is 2. The molecule has 1 fully saturated rings. The van der Waals surface area contributed by atoms with Crippen molar-refractivity contribution in [2.24, 2.45) is 0 Å². The van der Waals surface area contributed by atoms with Gasteiger partial charge >= 0.3 is 0 Å². The minimum absolute atomic E-state index is 0.0684. The van der Waals surface area contributed by atoms with Crippen molar-refractivity contribution in [3.63, 3.8) is 0 Å². The van der Waals surface area contributed by atoms with Gasteiger partial charge in [0.05, 0.1) is 17.9 Å². The number of rotatable bonds is 6. The van der Waals surface area contributed by atoms with E-state index in [0.717, 1.165) is 36.5 Å². The Kier molecular flexibility index (Phi) is 7.35. The van der Waals surface area contributed by atoms with Crippen LogP contribution in [0.3, 0.4) is 0 Å². The molecule has 10 heteroatoms. The summed E-state index contributed by atoms with van der Waals surface area (Å²) in [7, 11) is -1.88. The van der Waals surface area contributed by atoms with Crippen molar-refractivity contribution >= 4 is 44.8 Å². The summed E-state index contributed by atoms with van der Waals surface area (Å²) < 4.78 is 26.0. The summed E-state index contributed by atoms with van der Waals surface area (Å²) in [6, 6.07) is 15.4. The predicted octanol–water partition coefficient (Wildman–Crippen LogP) is 4.27. The number of halogens is 1. The number of nitrogens with one attached hydrogen (secondary N) is 2. The average Bonchev–Trinajstić information content (AvgIpc) is 2.90. The SMILES string of the molecule is CNC(=O)Cc1ccc(Nc2nc(N3CCC(c4ccc(Cl)cc4)CC3)nc3c2S(=O)(=O)CCC3)cc1. The smallest absolute Gasteiger partial charge is 0.227 e. The topological polar surface area (TPSA) is 104 Å². The van der Waals surface area contributed by atoms with Crippen LogP contribution in [0.15, 0.2) is 53.4 Å². The number of anilines is 3. The lowest BCUT2D eigenvalue weighted by atomic mass is 9.89. The summed E-state index contributed by atoms with van der Waals surface area (Å²) in [6.07, 6.45) is 3.35. The fraction of sp³-hybridized carbons (Fsp3) is 0.370. The van der Waals surface area contributed by atoms with E-state index < -0.39 is 9.84 Å². The number of nitrogens with zero attached hydrogens (tertiary/aromatic N) is 3. The maximum Gasteiger partial charge on any atom is 0.227 e. The van der Waals surface area contributed by atoms with Crippen LogP contribution in [-0.2, 0) is 27.5 Å². The van der Waals surface area contributed by atoms with E-state index >= 15 is 0 Å². The Labute approximate surface area is 222 Å². The molecule has 8 nitrogen and oxygen atoms in total. The predicted molar refractivity (Wildman–Crippen MR) is 146 cm³/mol. The molecule has 0 saturated carbocycles. The van der Waals surface area contributed by atoms with Gasteiger partial charge in [0.15, 0.2) is 15.7 Å². The molecule has 0 spiro atoms. The highest BCUT2D eigenvalue weighted by atomic mass is 35.5. The van der Waals surface area contributed by atoms with Crippen LogP contribution in [0.4, 0.5) is 17.5 Å². The van der Waals surface area contributed by atoms with Crippen LogP contribution in [0.25, 0.3) is 0 Å². The summed E-state index contributed by atoms with van der Waals surface area (Å²) >= 11 is 6.05. The molecule has 2 aliphatic rings. The molecule has 37 heavy (non-hydrogen) atoms. The largest absolute Gasteiger partial charge is 0.359 e. The summed E-state index contributed by atoms with van der Waals surface area (Å²) in [5, 5.41) is 6.58. The molecule has 2 aliphatic heterocycles. The maximum absolute atomic E-state index is 13.0. The van der Waals surface area contributed by atoms with E-state index in [-0.39, 0.29) is 23.0 Å². The number of hydrogen-bond acceptors (Lipinski definition) is 7. The van der Waals surface area contributed by atoms with Crippen molar-refractivity contribution in [2.45, 2.75) is 42.9 Å². The van der Waals surface area contributed by atoms with Gasteiger partial charge in [-0.2, -0.15) is 4.98 Å². The van der Waals surface area contributed by atoms with Gasteiger partial charge in [0.2, 0.25) is 11.9 Å². The van der Waals surface area contributed by atoms with Crippen molar-refractivity contribution < 1.29 is 13.2 Å². The quantitative estimate of drug-likeness (QED) is 0.482. The Bertz CT molecular complexity index is 1390. The first-order valence-corrected chi connectivity index (χ1v) is 14.6. The Hall–Kier alpha value is -3.17. The lowest BCUT2D eigenvalue weighted by Crippen LogP contribution is -2.35. The molecule has 1 amide bonds. The van der Waals surface area contributed by atoms with E-state index in [1.54, 1.807) is 7.05 Å². The second-order valence-corrected chi connectivity index (χ2v) is 12.0. The average molecular weight is 540 g/mol. The molecule has 5 rings (SSSR count). The van der Waals surface area contributed by atoms with E-state index in [1.807, 2.05) is 36.4 Å². The number of likely N-dealkylation sites (N-methyl/N-ethyl adjacent to an activating group) is 1. The third-order valence-corrected chi connectivity index (χ3v) is 9.17. The van der Waals surface area contributed by atoms with Crippen LogP contribution in [0.5, 0.6) is 0 Å². The minimum atomic E-state index is -3.49. The Morgan fingerprint density at radius 1 is 1.05 bits per heavy atom. The molecule has 3 heterocycles. The van der Waals surface area contributed by atoms with Gasteiger partial charge in [0.25, 0.3) is 0 Å². The highest BCUT2D eigenvalue weighted by Crippen LogP contribution is 2.35. The van der Waals surface area contributed by atoms with Gasteiger partial charge in [-0.3, -0.25) is 4.79 Å². The molecule has 0 atom stereocenters. The fourth-order valence-electron chi connectivity index (χ4n) is 5.00. The minimum Gasteiger partial charge on any atom is -0.359 e. The zero-order valence-electron chi connectivity index (χ0n) is 20.7. The second-order valence-electron chi connectivity index (χ2n) is 9.56. The van der Waals surface area contributed by atoms with Crippen LogP contribution in [0.2, 0.25) is 5.02 Å². The second kappa shape index (κ2) is 10.7. The van der Waals surface area contributed by atoms with Crippen LogP contribution >= 0.6 is 11.6 Å². The molecule has 0 radical (unpaired) electrons. The molecule has 2 aromatic carbocycles. The van der Waals surface area contributed by atoms with Crippen LogP contribution in [0.1, 0.15) is 42.0 Å². The van der Waals surface area contributed by atoms with Crippen LogP contribution in [-0.4, -0.2) is 50.2 Å². The number of aromatic nitrogens is 2. The van der Waals surface area contributed by atoms with Gasteiger partial charge in [-0.15, -0.1) is 0 Å². The number of aryl methyl sites for hydroxylation is 1. The first kappa shape index (κ1) is 25.5. The van der Waals surface area contributed by atoms with E-state index in [2.05, 4.69) is 27.7 Å². The zero-order valence-corrected chi connectivity index (χ0v) is 22.3. The van der Waals surface area contributed by atoms with Crippen molar-refractivity contribution in [1.82, 2.24) is 15.3 Å². The molecule has 3 aromatic rings. The highest BCUT2D eigenvalue weighted by molar-refractivity contribution is 7.91. The van der Waals surface area contributed by atoms with Gasteiger partial charge in [0.1, 0.15) is 4.90 Å². The number of fused-ring (bicyclic) bond motifs is 1. The molecular formula is C27H30ClN5O3S. The van der Waals surface area contributed by atoms with Gasteiger partial charge in [-0.1, -0.05) is 35.9 Å². The lowest BCUT2D eigenvalue weighted by molar-refractivity contribution is -0.119. The number of piperidine rings is 1. The molecular weight excluding hydrogens is 510 g/mol. The highest BCUT2D eigenvalue weighted by Gasteiger charge is 2.32. The fourth-order valence-corrected chi connectivity index (χ4v) is 6.75. The Morgan fingerprint density at radius 3 is 2.43 bits per heavy atom. The van der Waals surface area contributed by atoms with E-state index in [4.69, 9.17) is 21.6 Å². The molecule has 194 valence electrons. The van der Waals surface area contributed by atoms with Gasteiger partial charge in [-0.25, -0.2) is 13.4 Å². The van der Waals surface area contributed by atoms with Gasteiger partial charge < -0.3 is 15.5 Å². The van der Waals surface area contributed by atoms with Gasteiger partial charge in [0, 0.05) is 30.8 Å². The van der Waals surface area contributed by atoms with Crippen molar-refractivity contribution in [3.05, 3.63) is 70.4 Å². The lowest BCUT2D eigenvalue weighted by Gasteiger charge is -2.33. The van der Waals surface area contributed by atoms with Crippen molar-refractivity contribution in [3.8, 4) is 0 Å². The van der Waals surface area contributed by atoms with E-state index in [9.17, 15) is 13.2 Å². The molecule has 1 saturated heterocycles. The molecule has 0 bridgehead atoms. The van der Waals surface area contributed by atoms with Crippen molar-refractivity contribution in [1.29, 1.82) is 0 Å². The number of carbonyl (C=O) groups is 1. The summed E-state index contributed by atoms with van der Waals surface area (Å²) in [5.41, 5.74) is 3.43. The van der Waals surface area contributed by atoms with Gasteiger partial charge in [-0.05, 0) is 67.0 Å². The Balaban J connectivity index is 1.39. The van der Waals surface area contributed by atoms with E-state index in [0.29, 0.717) is 41.9 Å². The normalized spacial score (nSPS) is 17.2. The molecule has 0 aliphatic carbocycles. The number of benzene rings is 2. The molecule has 2 N–H and O–H groups in total. The van der Waals surface area contributed by atoms with Crippen molar-refractivity contribution in [2.75, 3.05) is 36.1 Å². The third-order valence-electron chi connectivity index (χ3n) is 7.04. The molecule has 1 aromatic heterocycles. The monoisotopic (exact) mass is 539 g/mol. The summed E-state index contributed by atoms with van der Waals surface area (Å²) in [6.45, 7) is 1.57. The number of sulfone groups is 1. The van der Waals surface area contributed by atoms with Crippen LogP contribution in [0, 0.1) is 0 Å². The first-order valence-electron chi connectivity index (χ1n) is 12.5. The number of carbonyl (C=O) groups excluding carboxylic acids is 1. The zero-order chi connectivity index (χ0) is 26.0. The maximum atomic E-state index is 13.0. The summed E-state index contributed by atoms with van der Waals surface area (Å²) in [4.78, 5) is 23.5. The van der Waals surface area contributed by atoms with E-state index in [1.165, 1.54) is 5.56 Å². The van der Waals surface area contributed by atoms with Crippen LogP contribution < -0.4 is 15.5 Å². The summed E-state index contributed by atoms with van der Waals surface area (Å²) in [5.74, 6) is 1.34. The third kappa shape index (κ3) is 5.72. The molecule has 0 unspecified atom stereocenters.